The van der Waals surface area contributed by atoms with E-state index in [2.05, 4.69) is 27.8 Å². The largest absolute Gasteiger partial charge is 0.504 e. The van der Waals surface area contributed by atoms with E-state index in [0.29, 0.717) is 0 Å². The number of hydrogen-bond donors (Lipinski definition) is 7. The number of benzene rings is 7. The van der Waals surface area contributed by atoms with Gasteiger partial charge in [0.25, 0.3) is 0 Å². The van der Waals surface area contributed by atoms with Crippen LogP contribution in [0.5, 0.6) is 40.2 Å². The normalized spacial score (nSPS) is 18.1. The van der Waals surface area contributed by atoms with Crippen molar-refractivity contribution >= 4 is 35.2 Å². The van der Waals surface area contributed by atoms with E-state index in [1.165, 1.54) is 43.5 Å². The first-order chi connectivity index (χ1) is 36.4. The number of aliphatic hydroxyl groups is 1. The van der Waals surface area contributed by atoms with Gasteiger partial charge in [0.1, 0.15) is 79.7 Å². The number of likely N-dealkylation sites (N-methyl/N-ethyl adjacent to an activating group) is 1. The fourth-order valence-electron chi connectivity index (χ4n) is 8.70. The predicted molar refractivity (Wildman–Crippen MR) is 279 cm³/mol. The second kappa shape index (κ2) is 22.9. The maximum atomic E-state index is 15.2. The zero-order valence-corrected chi connectivity index (χ0v) is 41.2. The van der Waals surface area contributed by atoms with Gasteiger partial charge in [-0.1, -0.05) is 127 Å². The van der Waals surface area contributed by atoms with Gasteiger partial charge < -0.3 is 60.9 Å². The highest BCUT2D eigenvalue weighted by Crippen LogP contribution is 2.47. The zero-order chi connectivity index (χ0) is 52.6. The molecule has 0 aromatic heterocycles. The molecule has 4 amide bonds. The minimum absolute atomic E-state index is 0.0174. The molecule has 17 heteroatoms. The summed E-state index contributed by atoms with van der Waals surface area (Å²) >= 11 is 6.82. The summed E-state index contributed by atoms with van der Waals surface area (Å²) in [6.45, 7) is 3.85. The van der Waals surface area contributed by atoms with E-state index in [0.717, 1.165) is 16.7 Å². The van der Waals surface area contributed by atoms with Gasteiger partial charge >= 0.3 is 0 Å². The minimum Gasteiger partial charge on any atom is -0.504 e. The average molecular weight is 1030 g/mol. The Balaban J connectivity index is 1.29. The molecule has 3 aliphatic rings. The van der Waals surface area contributed by atoms with Crippen molar-refractivity contribution in [1.82, 2.24) is 21.3 Å². The number of phenolic OH excluding ortho intramolecular Hbond substituents is 1. The molecule has 3 aliphatic heterocycles. The summed E-state index contributed by atoms with van der Waals surface area (Å²) in [7, 11) is 1.40. The second-order valence-electron chi connectivity index (χ2n) is 17.6. The molecule has 16 nitrogen and oxygen atoms in total. The molecule has 0 saturated heterocycles. The highest BCUT2D eigenvalue weighted by atomic mass is 35.5. The van der Waals surface area contributed by atoms with Crippen molar-refractivity contribution < 1.29 is 53.1 Å². The minimum atomic E-state index is -1.86. The van der Waals surface area contributed by atoms with Crippen molar-refractivity contribution in [3.63, 3.8) is 0 Å². The van der Waals surface area contributed by atoms with E-state index in [1.807, 2.05) is 91.0 Å². The maximum Gasteiger partial charge on any atom is 0.247 e. The first-order valence-corrected chi connectivity index (χ1v) is 24.2. The van der Waals surface area contributed by atoms with Gasteiger partial charge in [-0.3, -0.25) is 19.2 Å². The van der Waals surface area contributed by atoms with Gasteiger partial charge in [0, 0.05) is 24.2 Å². The number of amides is 4. The van der Waals surface area contributed by atoms with E-state index in [1.54, 1.807) is 30.3 Å². The highest BCUT2D eigenvalue weighted by molar-refractivity contribution is 6.32. The van der Waals surface area contributed by atoms with Crippen molar-refractivity contribution in [1.29, 1.82) is 0 Å². The van der Waals surface area contributed by atoms with Gasteiger partial charge in [-0.25, -0.2) is 0 Å². The predicted octanol–water partition coefficient (Wildman–Crippen LogP) is 8.11. The van der Waals surface area contributed by atoms with Crippen LogP contribution in [0.2, 0.25) is 5.02 Å². The lowest BCUT2D eigenvalue weighted by Gasteiger charge is -2.31. The van der Waals surface area contributed by atoms with Crippen LogP contribution in [-0.2, 0) is 39.0 Å². The molecule has 75 heavy (non-hydrogen) atoms. The fraction of sp³-hybridized carbons (Fsp3) is 0.172. The molecule has 382 valence electrons. The van der Waals surface area contributed by atoms with E-state index >= 15 is 9.59 Å². The van der Waals surface area contributed by atoms with Crippen LogP contribution in [0.1, 0.15) is 63.2 Å². The summed E-state index contributed by atoms with van der Waals surface area (Å²) in [5, 5.41) is 34.4. The Hall–Kier alpha value is -8.83. The number of ether oxygens (including phenoxy) is 5. The smallest absolute Gasteiger partial charge is 0.247 e. The molecule has 8 bridgehead atoms. The number of rotatable bonds is 13. The quantitative estimate of drug-likeness (QED) is 0.0544. The van der Waals surface area contributed by atoms with Crippen molar-refractivity contribution in [3.8, 4) is 51.4 Å². The van der Waals surface area contributed by atoms with Crippen LogP contribution >= 0.6 is 11.6 Å². The summed E-state index contributed by atoms with van der Waals surface area (Å²) in [6.07, 6.45) is -0.400. The molecule has 0 unspecified atom stereocenters. The third kappa shape index (κ3) is 11.5. The molecule has 0 saturated carbocycles. The molecular weight excluding hydrogens is 978 g/mol. The van der Waals surface area contributed by atoms with Crippen LogP contribution in [0.25, 0.3) is 11.1 Å². The lowest BCUT2D eigenvalue weighted by molar-refractivity contribution is -0.136. The molecule has 7 aromatic rings. The van der Waals surface area contributed by atoms with Gasteiger partial charge in [-0.2, -0.15) is 0 Å². The van der Waals surface area contributed by atoms with Crippen molar-refractivity contribution in [2.24, 2.45) is 5.73 Å². The third-order valence-electron chi connectivity index (χ3n) is 12.5. The lowest BCUT2D eigenvalue weighted by Crippen LogP contribution is -2.55. The van der Waals surface area contributed by atoms with Crippen LogP contribution in [0, 0.1) is 0 Å². The Morgan fingerprint density at radius 3 is 1.95 bits per heavy atom. The first kappa shape index (κ1) is 51.1. The summed E-state index contributed by atoms with van der Waals surface area (Å²) < 4.78 is 31.7. The second-order valence-corrected chi connectivity index (χ2v) is 18.0. The van der Waals surface area contributed by atoms with Gasteiger partial charge in [-0.15, -0.1) is 0 Å². The molecule has 10 rings (SSSR count). The highest BCUT2D eigenvalue weighted by Gasteiger charge is 2.39. The monoisotopic (exact) mass is 1030 g/mol. The molecule has 0 radical (unpaired) electrons. The maximum absolute atomic E-state index is 15.2. The number of carbonyl (C=O) groups excluding carboxylic acids is 4. The topological polar surface area (TPSA) is 229 Å². The third-order valence-corrected chi connectivity index (χ3v) is 12.8. The number of carbonyl (C=O) groups is 4. The number of phenols is 1. The number of aliphatic hydroxyl groups excluding tert-OH is 1. The standard InChI is InChI=1S/C58H52ClN5O11/c1-3-23-71-54-43(65)26-38-27-47(54)75-45-22-20-37(25-42(45)59)53(66)52-58(70)63-51(56(68)61-2)41-28-39(72-30-33-13-7-4-8-14-33)29-46(74-32-35-17-11-6-12-18-35)48(41)40-24-36(50(57(69)64-52)62-55(67)49(38)60)19-21-44(40)73-31-34-15-9-5-10-16-34/h3-22,24-29,49-53,65-66H,1,23,30-32,60H2,2H3,(H,61,68)(H,62,67)(H,63,70)(H,64,69)/t49-,50-,51+,52+,53-/m1/s1. The summed E-state index contributed by atoms with van der Waals surface area (Å²) in [4.78, 5) is 59.4. The van der Waals surface area contributed by atoms with Crippen LogP contribution in [-0.4, -0.2) is 53.5 Å². The van der Waals surface area contributed by atoms with E-state index in [-0.39, 0.29) is 99.3 Å². The van der Waals surface area contributed by atoms with Crippen LogP contribution in [0.4, 0.5) is 0 Å². The molecule has 0 spiro atoms. The molecule has 0 fully saturated rings. The summed E-state index contributed by atoms with van der Waals surface area (Å²) in [5.41, 5.74) is 10.1. The van der Waals surface area contributed by atoms with E-state index in [4.69, 9.17) is 41.0 Å². The first-order valence-electron chi connectivity index (χ1n) is 23.9. The number of fused-ring (bicyclic) bond motifs is 8. The Labute approximate surface area is 437 Å². The van der Waals surface area contributed by atoms with Crippen LogP contribution in [0.15, 0.2) is 164 Å². The molecular formula is C58H52ClN5O11. The van der Waals surface area contributed by atoms with Gasteiger partial charge in [0.05, 0.1) is 5.02 Å². The Morgan fingerprint density at radius 2 is 1.32 bits per heavy atom. The van der Waals surface area contributed by atoms with E-state index in [9.17, 15) is 19.8 Å². The number of halogens is 1. The molecule has 5 atom stereocenters. The number of aromatic hydroxyl groups is 1. The fourth-order valence-corrected chi connectivity index (χ4v) is 8.93. The Morgan fingerprint density at radius 1 is 0.693 bits per heavy atom. The summed E-state index contributed by atoms with van der Waals surface area (Å²) in [5.74, 6) is -3.48. The number of nitrogens with one attached hydrogen (secondary N) is 4. The zero-order valence-electron chi connectivity index (χ0n) is 40.5. The van der Waals surface area contributed by atoms with Crippen molar-refractivity contribution in [2.75, 3.05) is 13.7 Å². The van der Waals surface area contributed by atoms with Gasteiger partial charge in [0.2, 0.25) is 29.4 Å². The van der Waals surface area contributed by atoms with Crippen LogP contribution in [0.3, 0.4) is 0 Å². The Bertz CT molecular complexity index is 3250. The summed E-state index contributed by atoms with van der Waals surface area (Å²) in [6, 6.07) is 36.4. The van der Waals surface area contributed by atoms with Crippen molar-refractivity contribution in [3.05, 3.63) is 208 Å². The Kier molecular flexibility index (Phi) is 15.6. The van der Waals surface area contributed by atoms with Crippen molar-refractivity contribution in [2.45, 2.75) is 50.1 Å². The molecule has 7 aromatic carbocycles. The molecule has 8 N–H and O–H groups in total. The number of nitrogens with two attached hydrogens (primary N) is 1. The van der Waals surface area contributed by atoms with Gasteiger partial charge in [0.15, 0.2) is 11.5 Å². The van der Waals surface area contributed by atoms with Gasteiger partial charge in [-0.05, 0) is 81.4 Å². The number of hydrogen-bond acceptors (Lipinski definition) is 12. The van der Waals surface area contributed by atoms with Crippen LogP contribution < -0.4 is 50.7 Å². The molecule has 3 heterocycles. The molecule has 0 aliphatic carbocycles. The lowest BCUT2D eigenvalue weighted by atomic mass is 9.89. The average Bonchev–Trinajstić information content (AvgIpc) is 3.44. The van der Waals surface area contributed by atoms with E-state index < -0.39 is 59.6 Å². The SMILES string of the molecule is C=CCOc1c(O)cc2cc1Oc1ccc(cc1Cl)[C@@H](O)[C@@H]1NC(=O)[C@H](NC(=O)[C@@H]2N)c2ccc(OCc3ccccc3)c(c2)-c2c(OCc3ccccc3)cc(OCc3ccccc3)cc2[C@@H](C(=O)NC)NC1=O.